The number of benzene rings is 1. The van der Waals surface area contributed by atoms with Crippen LogP contribution in [-0.2, 0) is 21.2 Å². The average molecular weight is 467 g/mol. The minimum absolute atomic E-state index is 0.114. The van der Waals surface area contributed by atoms with Gasteiger partial charge in [-0.25, -0.2) is 4.98 Å². The lowest BCUT2D eigenvalue weighted by Gasteiger charge is -2.38. The zero-order valence-electron chi connectivity index (χ0n) is 21.1. The Morgan fingerprint density at radius 3 is 2.26 bits per heavy atom. The standard InChI is InChI=1S/C24H34BN5O4/c1-8-30-14-13-28(6)19(21(30)31)16-9-11-17(12-10-16)26-20-22(32)29(7)15-18(27-20)25-33-23(2,3)24(4,5)34-25/h9-12,15,19H,8,13-14H2,1-7H3,(H,26,27). The van der Waals surface area contributed by atoms with E-state index in [9.17, 15) is 9.59 Å². The number of hydrogen-bond donors (Lipinski definition) is 1. The second-order valence-electron chi connectivity index (χ2n) is 10.1. The second kappa shape index (κ2) is 8.83. The Balaban J connectivity index is 1.56. The molecule has 1 aromatic heterocycles. The molecule has 1 unspecified atom stereocenters. The van der Waals surface area contributed by atoms with Gasteiger partial charge in [-0.3, -0.25) is 14.5 Å². The Morgan fingerprint density at radius 2 is 1.68 bits per heavy atom. The van der Waals surface area contributed by atoms with Crippen LogP contribution < -0.4 is 16.5 Å². The van der Waals surface area contributed by atoms with E-state index in [1.807, 2.05) is 70.8 Å². The number of piperazine rings is 1. The predicted molar refractivity (Wildman–Crippen MR) is 133 cm³/mol. The number of hydrogen-bond acceptors (Lipinski definition) is 7. The Bertz CT molecular complexity index is 1120. The maximum atomic E-state index is 12.9. The molecule has 2 fully saturated rings. The van der Waals surface area contributed by atoms with Gasteiger partial charge in [-0.15, -0.1) is 0 Å². The quantitative estimate of drug-likeness (QED) is 0.670. The van der Waals surface area contributed by atoms with Gasteiger partial charge in [0.25, 0.3) is 5.56 Å². The molecule has 10 heteroatoms. The van der Waals surface area contributed by atoms with Crippen LogP contribution in [0.4, 0.5) is 11.5 Å². The van der Waals surface area contributed by atoms with Gasteiger partial charge in [0.05, 0.1) is 16.8 Å². The third-order valence-corrected chi connectivity index (χ3v) is 7.16. The van der Waals surface area contributed by atoms with Gasteiger partial charge in [0.2, 0.25) is 5.91 Å². The maximum absolute atomic E-state index is 12.9. The Hall–Kier alpha value is -2.69. The van der Waals surface area contributed by atoms with E-state index in [4.69, 9.17) is 9.31 Å². The number of nitrogens with zero attached hydrogens (tertiary/aromatic N) is 4. The molecule has 2 aliphatic heterocycles. The van der Waals surface area contributed by atoms with Crippen LogP contribution in [0.1, 0.15) is 46.2 Å². The fourth-order valence-electron chi connectivity index (χ4n) is 4.26. The van der Waals surface area contributed by atoms with Crippen molar-refractivity contribution in [1.82, 2.24) is 19.4 Å². The van der Waals surface area contributed by atoms with E-state index in [2.05, 4.69) is 15.2 Å². The van der Waals surface area contributed by atoms with Crippen LogP contribution in [0.2, 0.25) is 0 Å². The molecule has 1 amide bonds. The number of amides is 1. The van der Waals surface area contributed by atoms with Crippen molar-refractivity contribution in [2.75, 3.05) is 32.0 Å². The van der Waals surface area contributed by atoms with Crippen LogP contribution in [0.3, 0.4) is 0 Å². The molecule has 0 spiro atoms. The molecule has 3 heterocycles. The molecule has 0 saturated carbocycles. The number of rotatable bonds is 5. The van der Waals surface area contributed by atoms with Crippen LogP contribution in [0.5, 0.6) is 0 Å². The van der Waals surface area contributed by atoms with Crippen molar-refractivity contribution in [2.45, 2.75) is 51.9 Å². The van der Waals surface area contributed by atoms with E-state index in [-0.39, 0.29) is 23.3 Å². The molecule has 34 heavy (non-hydrogen) atoms. The summed E-state index contributed by atoms with van der Waals surface area (Å²) in [6.45, 7) is 12.2. The lowest BCUT2D eigenvalue weighted by molar-refractivity contribution is -0.140. The van der Waals surface area contributed by atoms with Crippen LogP contribution in [-0.4, -0.2) is 70.3 Å². The van der Waals surface area contributed by atoms with Gasteiger partial charge in [0, 0.05) is 38.6 Å². The van der Waals surface area contributed by atoms with Crippen molar-refractivity contribution >= 4 is 30.1 Å². The Kier molecular flexibility index (Phi) is 6.35. The Labute approximate surface area is 201 Å². The van der Waals surface area contributed by atoms with E-state index < -0.39 is 18.3 Å². The molecule has 182 valence electrons. The summed E-state index contributed by atoms with van der Waals surface area (Å²) >= 11 is 0. The van der Waals surface area contributed by atoms with Crippen LogP contribution >= 0.6 is 0 Å². The fourth-order valence-corrected chi connectivity index (χ4v) is 4.26. The third-order valence-electron chi connectivity index (χ3n) is 7.16. The topological polar surface area (TPSA) is 88.9 Å². The van der Waals surface area contributed by atoms with Gasteiger partial charge in [-0.2, -0.15) is 0 Å². The first-order valence-electron chi connectivity index (χ1n) is 11.7. The molecule has 9 nitrogen and oxygen atoms in total. The molecule has 1 atom stereocenters. The minimum Gasteiger partial charge on any atom is -0.398 e. The SMILES string of the molecule is CCN1CCN(C)C(c2ccc(Nc3nc(B4OC(C)(C)C(C)(C)O4)cn(C)c3=O)cc2)C1=O. The maximum Gasteiger partial charge on any atom is 0.516 e. The Morgan fingerprint density at radius 1 is 1.06 bits per heavy atom. The minimum atomic E-state index is -0.672. The van der Waals surface area contributed by atoms with Crippen molar-refractivity contribution in [3.05, 3.63) is 46.4 Å². The number of likely N-dealkylation sites (N-methyl/N-ethyl adjacent to an activating group) is 2. The number of carbonyl (C=O) groups excluding carboxylic acids is 1. The van der Waals surface area contributed by atoms with Crippen LogP contribution in [0.25, 0.3) is 0 Å². The summed E-state index contributed by atoms with van der Waals surface area (Å²) in [7, 11) is 2.97. The van der Waals surface area contributed by atoms with Gasteiger partial charge in [0.1, 0.15) is 6.04 Å². The molecule has 0 radical (unpaired) electrons. The summed E-state index contributed by atoms with van der Waals surface area (Å²) < 4.78 is 13.7. The van der Waals surface area contributed by atoms with Crippen molar-refractivity contribution in [1.29, 1.82) is 0 Å². The van der Waals surface area contributed by atoms with Crippen LogP contribution in [0, 0.1) is 0 Å². The zero-order chi connectivity index (χ0) is 24.8. The summed E-state index contributed by atoms with van der Waals surface area (Å²) in [5.41, 5.74) is 0.878. The normalized spacial score (nSPS) is 22.3. The van der Waals surface area contributed by atoms with Gasteiger partial charge in [-0.05, 0) is 59.4 Å². The van der Waals surface area contributed by atoms with E-state index >= 15 is 0 Å². The monoisotopic (exact) mass is 467 g/mol. The summed E-state index contributed by atoms with van der Waals surface area (Å²) in [5, 5.41) is 3.13. The number of nitrogens with one attached hydrogen (secondary N) is 1. The van der Waals surface area contributed by atoms with E-state index in [1.165, 1.54) is 4.57 Å². The summed E-state index contributed by atoms with van der Waals surface area (Å²) in [5.74, 6) is 0.299. The molecule has 4 rings (SSSR count). The van der Waals surface area contributed by atoms with Gasteiger partial charge in [-0.1, -0.05) is 12.1 Å². The predicted octanol–water partition coefficient (Wildman–Crippen LogP) is 1.66. The van der Waals surface area contributed by atoms with Crippen molar-refractivity contribution in [3.8, 4) is 0 Å². The fraction of sp³-hybridized carbons (Fsp3) is 0.542. The highest BCUT2D eigenvalue weighted by atomic mass is 16.7. The number of aromatic nitrogens is 2. The number of aryl methyl sites for hydroxylation is 1. The smallest absolute Gasteiger partial charge is 0.398 e. The highest BCUT2D eigenvalue weighted by Gasteiger charge is 2.52. The molecule has 2 aliphatic rings. The molecule has 0 bridgehead atoms. The lowest BCUT2D eigenvalue weighted by atomic mass is 9.85. The highest BCUT2D eigenvalue weighted by molar-refractivity contribution is 6.61. The van der Waals surface area contributed by atoms with Crippen LogP contribution in [0.15, 0.2) is 35.3 Å². The largest absolute Gasteiger partial charge is 0.516 e. The molecule has 1 aromatic carbocycles. The summed E-state index contributed by atoms with van der Waals surface area (Å²) in [4.78, 5) is 34.1. The van der Waals surface area contributed by atoms with Crippen molar-refractivity contribution in [2.24, 2.45) is 7.05 Å². The van der Waals surface area contributed by atoms with Crippen molar-refractivity contribution < 1.29 is 14.1 Å². The first-order chi connectivity index (χ1) is 15.9. The average Bonchev–Trinajstić information content (AvgIpc) is 2.99. The van der Waals surface area contributed by atoms with E-state index in [1.54, 1.807) is 13.2 Å². The highest BCUT2D eigenvalue weighted by Crippen LogP contribution is 2.36. The van der Waals surface area contributed by atoms with Gasteiger partial charge in [0.15, 0.2) is 5.82 Å². The molecule has 2 saturated heterocycles. The number of anilines is 2. The number of carbonyl (C=O) groups is 1. The molecular weight excluding hydrogens is 433 g/mol. The summed E-state index contributed by atoms with van der Waals surface area (Å²) in [6, 6.07) is 7.26. The summed E-state index contributed by atoms with van der Waals surface area (Å²) in [6.07, 6.45) is 1.64. The van der Waals surface area contributed by atoms with Gasteiger partial charge < -0.3 is 24.1 Å². The molecule has 2 aromatic rings. The lowest BCUT2D eigenvalue weighted by Crippen LogP contribution is -2.50. The molecule has 1 N–H and O–H groups in total. The van der Waals surface area contributed by atoms with E-state index in [0.29, 0.717) is 17.8 Å². The zero-order valence-corrected chi connectivity index (χ0v) is 21.1. The van der Waals surface area contributed by atoms with Crippen molar-refractivity contribution in [3.63, 3.8) is 0 Å². The molecule has 0 aliphatic carbocycles. The van der Waals surface area contributed by atoms with Gasteiger partial charge >= 0.3 is 7.12 Å². The molecular formula is C24H34BN5O4. The first kappa shape index (κ1) is 24.4. The second-order valence-corrected chi connectivity index (χ2v) is 10.1. The third kappa shape index (κ3) is 4.37. The van der Waals surface area contributed by atoms with E-state index in [0.717, 1.165) is 18.7 Å². The first-order valence-corrected chi connectivity index (χ1v) is 11.7.